The Hall–Kier alpha value is -3.46. The lowest BCUT2D eigenvalue weighted by Gasteiger charge is -2.49. The molecule has 6 heterocycles. The third kappa shape index (κ3) is 3.52. The van der Waals surface area contributed by atoms with Crippen LogP contribution in [0.25, 0.3) is 21.9 Å². The summed E-state index contributed by atoms with van der Waals surface area (Å²) in [6, 6.07) is 7.39. The number of piperazine rings is 1. The van der Waals surface area contributed by atoms with Crippen LogP contribution in [0.2, 0.25) is 0 Å². The number of nitrogens with zero attached hydrogens (tertiary/aromatic N) is 6. The molecule has 2 bridgehead atoms. The van der Waals surface area contributed by atoms with Crippen LogP contribution in [0, 0.1) is 0 Å². The summed E-state index contributed by atoms with van der Waals surface area (Å²) in [6.45, 7) is 8.85. The van der Waals surface area contributed by atoms with Gasteiger partial charge in [-0.15, -0.1) is 0 Å². The molecule has 0 radical (unpaired) electrons. The summed E-state index contributed by atoms with van der Waals surface area (Å²) < 4.78 is 8.13. The minimum Gasteiger partial charge on any atom is -0.492 e. The molecule has 1 aromatic carbocycles. The quantitative estimate of drug-likeness (QED) is 0.466. The Morgan fingerprint density at radius 1 is 1.15 bits per heavy atom. The van der Waals surface area contributed by atoms with Gasteiger partial charge in [0.1, 0.15) is 17.1 Å². The smallest absolute Gasteiger partial charge is 0.228 e. The van der Waals surface area contributed by atoms with E-state index in [4.69, 9.17) is 9.72 Å². The second-order valence-electron chi connectivity index (χ2n) is 9.11. The van der Waals surface area contributed by atoms with E-state index in [9.17, 15) is 0 Å². The maximum Gasteiger partial charge on any atom is 0.228 e. The van der Waals surface area contributed by atoms with Crippen molar-refractivity contribution in [2.75, 3.05) is 29.9 Å². The average molecular weight is 445 g/mol. The summed E-state index contributed by atoms with van der Waals surface area (Å²) in [5.74, 6) is 1.99. The van der Waals surface area contributed by atoms with Gasteiger partial charge < -0.3 is 24.8 Å². The van der Waals surface area contributed by atoms with Gasteiger partial charge in [0, 0.05) is 48.9 Å². The fourth-order valence-electron chi connectivity index (χ4n) is 4.90. The Morgan fingerprint density at radius 2 is 1.97 bits per heavy atom. The molecule has 2 atom stereocenters. The molecule has 33 heavy (non-hydrogen) atoms. The van der Waals surface area contributed by atoms with E-state index in [1.54, 1.807) is 0 Å². The number of rotatable bonds is 6. The van der Waals surface area contributed by atoms with Gasteiger partial charge in [-0.2, -0.15) is 0 Å². The average Bonchev–Trinajstić information content (AvgIpc) is 3.24. The lowest BCUT2D eigenvalue weighted by molar-refractivity contribution is 0.224. The van der Waals surface area contributed by atoms with Gasteiger partial charge in [-0.25, -0.2) is 19.9 Å². The molecule has 9 heteroatoms. The van der Waals surface area contributed by atoms with Crippen LogP contribution in [-0.2, 0) is 0 Å². The third-order valence-corrected chi connectivity index (χ3v) is 6.49. The number of ether oxygens (including phenoxy) is 1. The van der Waals surface area contributed by atoms with Crippen LogP contribution in [0.1, 0.15) is 33.2 Å². The third-order valence-electron chi connectivity index (χ3n) is 6.49. The molecule has 3 aromatic heterocycles. The maximum atomic E-state index is 5.98. The standard InChI is InChI=1S/C24H28N8O/c1-4-33-20-8-21(25-10-19(20)31-11-16-7-17(12-31)28-16)29-24-26-9-15-5-6-18-23(22(15)30-24)32(13-27-18)14(2)3/h5-6,8-10,13-14,16-17,28H,4,7,11-12H2,1-3H3,(H,25,26,29,30). The number of fused-ring (bicyclic) bond motifs is 5. The SMILES string of the molecule is CCOc1cc(Nc2ncc3ccc4ncn(C(C)C)c4c3n2)ncc1N1CC2CC(C1)N2. The van der Waals surface area contributed by atoms with Crippen molar-refractivity contribution in [3.63, 3.8) is 0 Å². The van der Waals surface area contributed by atoms with Gasteiger partial charge in [-0.1, -0.05) is 0 Å². The Kier molecular flexibility index (Phi) is 4.79. The van der Waals surface area contributed by atoms with Gasteiger partial charge in [0.25, 0.3) is 0 Å². The van der Waals surface area contributed by atoms with Crippen molar-refractivity contribution in [2.24, 2.45) is 0 Å². The molecule has 170 valence electrons. The second kappa shape index (κ2) is 7.84. The predicted molar refractivity (Wildman–Crippen MR) is 129 cm³/mol. The Balaban J connectivity index is 1.34. The van der Waals surface area contributed by atoms with E-state index in [0.29, 0.717) is 30.5 Å². The van der Waals surface area contributed by atoms with Crippen LogP contribution in [0.4, 0.5) is 17.5 Å². The summed E-state index contributed by atoms with van der Waals surface area (Å²) in [6.07, 6.45) is 6.87. The summed E-state index contributed by atoms with van der Waals surface area (Å²) in [5.41, 5.74) is 3.86. The number of hydrogen-bond acceptors (Lipinski definition) is 8. The van der Waals surface area contributed by atoms with E-state index < -0.39 is 0 Å². The van der Waals surface area contributed by atoms with Crippen molar-refractivity contribution in [3.05, 3.63) is 36.9 Å². The number of anilines is 3. The van der Waals surface area contributed by atoms with Crippen molar-refractivity contribution < 1.29 is 4.74 Å². The van der Waals surface area contributed by atoms with Gasteiger partial charge >= 0.3 is 0 Å². The Labute approximate surface area is 192 Å². The van der Waals surface area contributed by atoms with E-state index in [1.807, 2.05) is 43.8 Å². The van der Waals surface area contributed by atoms with Crippen molar-refractivity contribution in [3.8, 4) is 5.75 Å². The van der Waals surface area contributed by atoms with Crippen molar-refractivity contribution >= 4 is 39.4 Å². The molecule has 3 aliphatic rings. The van der Waals surface area contributed by atoms with E-state index >= 15 is 0 Å². The molecule has 0 aliphatic carbocycles. The van der Waals surface area contributed by atoms with Crippen molar-refractivity contribution in [2.45, 2.75) is 45.3 Å². The monoisotopic (exact) mass is 444 g/mol. The normalized spacial score (nSPS) is 19.8. The zero-order valence-electron chi connectivity index (χ0n) is 19.1. The molecule has 9 nitrogen and oxygen atoms in total. The zero-order valence-corrected chi connectivity index (χ0v) is 19.1. The minimum atomic E-state index is 0.283. The molecule has 2 unspecified atom stereocenters. The highest BCUT2D eigenvalue weighted by molar-refractivity contribution is 6.02. The Morgan fingerprint density at radius 3 is 2.73 bits per heavy atom. The molecule has 2 N–H and O–H groups in total. The highest BCUT2D eigenvalue weighted by Crippen LogP contribution is 2.35. The van der Waals surface area contributed by atoms with Gasteiger partial charge in [-0.05, 0) is 39.3 Å². The van der Waals surface area contributed by atoms with E-state index in [-0.39, 0.29) is 6.04 Å². The van der Waals surface area contributed by atoms with Crippen LogP contribution in [0.15, 0.2) is 36.9 Å². The molecular formula is C24H28N8O. The summed E-state index contributed by atoms with van der Waals surface area (Å²) in [4.78, 5) is 20.9. The first-order valence-electron chi connectivity index (χ1n) is 11.6. The highest BCUT2D eigenvalue weighted by atomic mass is 16.5. The van der Waals surface area contributed by atoms with E-state index in [0.717, 1.165) is 46.5 Å². The van der Waals surface area contributed by atoms with Gasteiger partial charge in [-0.3, -0.25) is 0 Å². The number of nitrogens with one attached hydrogen (secondary N) is 2. The number of aromatic nitrogens is 5. The lowest BCUT2D eigenvalue weighted by Crippen LogP contribution is -2.67. The molecule has 3 fully saturated rings. The maximum absolute atomic E-state index is 5.98. The van der Waals surface area contributed by atoms with E-state index in [1.165, 1.54) is 6.42 Å². The topological polar surface area (TPSA) is 93.0 Å². The fourth-order valence-corrected chi connectivity index (χ4v) is 4.90. The molecular weight excluding hydrogens is 416 g/mol. The molecule has 7 rings (SSSR count). The molecule has 0 spiro atoms. The van der Waals surface area contributed by atoms with Crippen LogP contribution in [0.5, 0.6) is 5.75 Å². The fraction of sp³-hybridized carbons (Fsp3) is 0.417. The highest BCUT2D eigenvalue weighted by Gasteiger charge is 2.37. The van der Waals surface area contributed by atoms with Crippen LogP contribution < -0.4 is 20.3 Å². The number of benzene rings is 1. The van der Waals surface area contributed by atoms with Crippen LogP contribution in [0.3, 0.4) is 0 Å². The molecule has 4 aromatic rings. The number of hydrogen-bond donors (Lipinski definition) is 2. The number of piperidine rings is 1. The number of pyridine rings is 1. The molecule has 0 amide bonds. The largest absolute Gasteiger partial charge is 0.492 e. The predicted octanol–water partition coefficient (Wildman–Crippen LogP) is 3.65. The first-order valence-corrected chi connectivity index (χ1v) is 11.6. The second-order valence-corrected chi connectivity index (χ2v) is 9.11. The summed E-state index contributed by atoms with van der Waals surface area (Å²) in [5, 5.41) is 7.82. The van der Waals surface area contributed by atoms with Crippen LogP contribution >= 0.6 is 0 Å². The first kappa shape index (κ1) is 20.2. The van der Waals surface area contributed by atoms with Gasteiger partial charge in [0.2, 0.25) is 5.95 Å². The zero-order chi connectivity index (χ0) is 22.5. The van der Waals surface area contributed by atoms with Gasteiger partial charge in [0.15, 0.2) is 0 Å². The Bertz CT molecular complexity index is 1320. The summed E-state index contributed by atoms with van der Waals surface area (Å²) in [7, 11) is 0. The lowest BCUT2D eigenvalue weighted by atomic mass is 9.91. The van der Waals surface area contributed by atoms with Crippen molar-refractivity contribution in [1.82, 2.24) is 29.8 Å². The van der Waals surface area contributed by atoms with Gasteiger partial charge in [0.05, 0.1) is 35.9 Å². The molecule has 3 aliphatic heterocycles. The molecule has 3 saturated heterocycles. The molecule has 0 saturated carbocycles. The minimum absolute atomic E-state index is 0.283. The van der Waals surface area contributed by atoms with Crippen LogP contribution in [-0.4, -0.2) is 56.3 Å². The van der Waals surface area contributed by atoms with E-state index in [2.05, 4.69) is 48.9 Å². The number of imidazole rings is 1. The first-order chi connectivity index (χ1) is 16.1. The van der Waals surface area contributed by atoms with Crippen molar-refractivity contribution in [1.29, 1.82) is 0 Å². The summed E-state index contributed by atoms with van der Waals surface area (Å²) >= 11 is 0.